The number of ketones is 1. The molecule has 1 amide bonds. The molecule has 1 fully saturated rings. The topological polar surface area (TPSA) is 113 Å². The molecule has 5 rings (SSSR count). The molecule has 2 heterocycles. The van der Waals surface area contributed by atoms with Crippen LogP contribution in [-0.4, -0.2) is 38.7 Å². The number of rotatable bonds is 8. The number of aromatic nitrogens is 2. The smallest absolute Gasteiger partial charge is 0.301 e. The maximum atomic E-state index is 13.3. The van der Waals surface area contributed by atoms with Crippen LogP contribution in [0.3, 0.4) is 0 Å². The number of aromatic hydroxyl groups is 1. The van der Waals surface area contributed by atoms with Gasteiger partial charge in [-0.1, -0.05) is 65.6 Å². The van der Waals surface area contributed by atoms with E-state index in [-0.39, 0.29) is 22.2 Å². The Kier molecular flexibility index (Phi) is 7.43. The predicted molar refractivity (Wildman–Crippen MR) is 146 cm³/mol. The van der Waals surface area contributed by atoms with Crippen LogP contribution in [0.25, 0.3) is 5.76 Å². The van der Waals surface area contributed by atoms with Crippen molar-refractivity contribution >= 4 is 45.7 Å². The Bertz CT molecular complexity index is 1490. The molecular formula is C28H23N3O5S2. The molecule has 0 spiro atoms. The summed E-state index contributed by atoms with van der Waals surface area (Å²) in [6.07, 6.45) is 0. The Labute approximate surface area is 227 Å². The van der Waals surface area contributed by atoms with Crippen molar-refractivity contribution in [2.45, 2.75) is 23.1 Å². The number of hydrogen-bond donors (Lipinski definition) is 2. The summed E-state index contributed by atoms with van der Waals surface area (Å²) >= 11 is 2.68. The number of phenolic OH excluding ortho intramolecular Hbond substituents is 1. The summed E-state index contributed by atoms with van der Waals surface area (Å²) in [7, 11) is 0. The molecule has 1 aliphatic rings. The van der Waals surface area contributed by atoms with Crippen LogP contribution < -0.4 is 9.64 Å². The Morgan fingerprint density at radius 3 is 2.39 bits per heavy atom. The number of carbonyl (C=O) groups excluding carboxylic acids is 2. The minimum absolute atomic E-state index is 0.0349. The second kappa shape index (κ2) is 11.1. The molecule has 0 aliphatic carbocycles. The number of carbonyl (C=O) groups is 2. The number of phenols is 1. The van der Waals surface area contributed by atoms with Gasteiger partial charge in [-0.25, -0.2) is 0 Å². The minimum atomic E-state index is -0.956. The highest BCUT2D eigenvalue weighted by molar-refractivity contribution is 8.00. The van der Waals surface area contributed by atoms with Crippen LogP contribution in [0.15, 0.2) is 88.8 Å². The summed E-state index contributed by atoms with van der Waals surface area (Å²) in [6.45, 7) is 2.36. The lowest BCUT2D eigenvalue weighted by Crippen LogP contribution is -2.29. The number of benzene rings is 3. The zero-order valence-electron chi connectivity index (χ0n) is 20.3. The van der Waals surface area contributed by atoms with Gasteiger partial charge >= 0.3 is 5.91 Å². The number of nitrogens with zero attached hydrogens (tertiary/aromatic N) is 3. The minimum Gasteiger partial charge on any atom is -0.508 e. The number of ether oxygens (including phenoxy) is 1. The Morgan fingerprint density at radius 1 is 1.00 bits per heavy atom. The largest absolute Gasteiger partial charge is 0.508 e. The van der Waals surface area contributed by atoms with Crippen molar-refractivity contribution in [2.75, 3.05) is 11.5 Å². The molecule has 0 radical (unpaired) electrons. The van der Waals surface area contributed by atoms with E-state index >= 15 is 0 Å². The van der Waals surface area contributed by atoms with Gasteiger partial charge in [-0.05, 0) is 54.4 Å². The first-order valence-electron chi connectivity index (χ1n) is 11.8. The summed E-state index contributed by atoms with van der Waals surface area (Å²) in [5.41, 5.74) is 1.95. The normalized spacial score (nSPS) is 16.7. The van der Waals surface area contributed by atoms with Crippen LogP contribution >= 0.6 is 23.1 Å². The first kappa shape index (κ1) is 25.5. The lowest BCUT2D eigenvalue weighted by molar-refractivity contribution is -0.132. The monoisotopic (exact) mass is 545 g/mol. The van der Waals surface area contributed by atoms with Crippen LogP contribution in [0.4, 0.5) is 5.13 Å². The first-order chi connectivity index (χ1) is 18.5. The molecule has 3 aromatic carbocycles. The third-order valence-corrected chi connectivity index (χ3v) is 8.03. The average molecular weight is 546 g/mol. The Morgan fingerprint density at radius 2 is 1.71 bits per heavy atom. The van der Waals surface area contributed by atoms with E-state index in [1.165, 1.54) is 40.1 Å². The van der Waals surface area contributed by atoms with Crippen LogP contribution in [0, 0.1) is 0 Å². The van der Waals surface area contributed by atoms with E-state index in [9.17, 15) is 19.8 Å². The molecule has 0 saturated carbocycles. The SMILES string of the molecule is CCOc1ccc(/C(O)=C2/C(=O)C(=O)N(c3nnc(SCc4ccccc4)s3)C2c2ccc(O)cc2)cc1. The molecule has 1 saturated heterocycles. The molecule has 8 nitrogen and oxygen atoms in total. The van der Waals surface area contributed by atoms with Gasteiger partial charge in [0.1, 0.15) is 17.3 Å². The van der Waals surface area contributed by atoms with Crippen molar-refractivity contribution in [2.24, 2.45) is 0 Å². The first-order valence-corrected chi connectivity index (χ1v) is 13.6. The van der Waals surface area contributed by atoms with Gasteiger partial charge in [0.05, 0.1) is 18.2 Å². The van der Waals surface area contributed by atoms with Crippen LogP contribution in [0.1, 0.15) is 29.7 Å². The van der Waals surface area contributed by atoms with Gasteiger partial charge in [0, 0.05) is 11.3 Å². The second-order valence-electron chi connectivity index (χ2n) is 8.34. The number of amides is 1. The summed E-state index contributed by atoms with van der Waals surface area (Å²) in [6, 6.07) is 21.7. The maximum absolute atomic E-state index is 13.3. The number of anilines is 1. The summed E-state index contributed by atoms with van der Waals surface area (Å²) in [5.74, 6) is -0.626. The molecule has 38 heavy (non-hydrogen) atoms. The van der Waals surface area contributed by atoms with Gasteiger partial charge in [-0.15, -0.1) is 10.2 Å². The molecule has 192 valence electrons. The van der Waals surface area contributed by atoms with Crippen molar-refractivity contribution in [1.82, 2.24) is 10.2 Å². The van der Waals surface area contributed by atoms with Crippen molar-refractivity contribution in [3.05, 3.63) is 101 Å². The quantitative estimate of drug-likeness (QED) is 0.0973. The van der Waals surface area contributed by atoms with Crippen molar-refractivity contribution < 1.29 is 24.5 Å². The van der Waals surface area contributed by atoms with E-state index in [1.54, 1.807) is 36.4 Å². The number of hydrogen-bond acceptors (Lipinski definition) is 9. The van der Waals surface area contributed by atoms with E-state index in [1.807, 2.05) is 37.3 Å². The zero-order valence-corrected chi connectivity index (χ0v) is 21.9. The van der Waals surface area contributed by atoms with Crippen molar-refractivity contribution in [1.29, 1.82) is 0 Å². The fourth-order valence-electron chi connectivity index (χ4n) is 4.11. The number of thioether (sulfide) groups is 1. The molecule has 4 aromatic rings. The molecule has 2 N–H and O–H groups in total. The summed E-state index contributed by atoms with van der Waals surface area (Å²) in [5, 5.41) is 29.8. The van der Waals surface area contributed by atoms with Crippen molar-refractivity contribution in [3.63, 3.8) is 0 Å². The van der Waals surface area contributed by atoms with Gasteiger partial charge in [0.15, 0.2) is 4.34 Å². The number of aliphatic hydroxyl groups is 1. The van der Waals surface area contributed by atoms with Crippen LogP contribution in [-0.2, 0) is 15.3 Å². The highest BCUT2D eigenvalue weighted by Gasteiger charge is 2.48. The summed E-state index contributed by atoms with van der Waals surface area (Å²) in [4.78, 5) is 27.9. The van der Waals surface area contributed by atoms with Crippen LogP contribution in [0.5, 0.6) is 11.5 Å². The Hall–Kier alpha value is -4.15. The molecule has 1 aliphatic heterocycles. The number of aliphatic hydroxyl groups excluding tert-OH is 1. The third-order valence-electron chi connectivity index (χ3n) is 5.90. The molecule has 1 atom stereocenters. The van der Waals surface area contributed by atoms with E-state index in [2.05, 4.69) is 10.2 Å². The van der Waals surface area contributed by atoms with Crippen molar-refractivity contribution in [3.8, 4) is 11.5 Å². The fourth-order valence-corrected chi connectivity index (χ4v) is 5.93. The molecular weight excluding hydrogens is 522 g/mol. The lowest BCUT2D eigenvalue weighted by Gasteiger charge is -2.22. The fraction of sp³-hybridized carbons (Fsp3) is 0.143. The second-order valence-corrected chi connectivity index (χ2v) is 10.5. The Balaban J connectivity index is 1.53. The molecule has 10 heteroatoms. The highest BCUT2D eigenvalue weighted by Crippen LogP contribution is 2.44. The molecule has 1 aromatic heterocycles. The average Bonchev–Trinajstić information content (AvgIpc) is 3.51. The van der Waals surface area contributed by atoms with Gasteiger partial charge in [-0.3, -0.25) is 14.5 Å². The zero-order chi connectivity index (χ0) is 26.6. The van der Waals surface area contributed by atoms with Gasteiger partial charge in [-0.2, -0.15) is 0 Å². The molecule has 0 bridgehead atoms. The third kappa shape index (κ3) is 5.13. The predicted octanol–water partition coefficient (Wildman–Crippen LogP) is 5.56. The van der Waals surface area contributed by atoms with Gasteiger partial charge < -0.3 is 14.9 Å². The van der Waals surface area contributed by atoms with Gasteiger partial charge in [0.25, 0.3) is 5.78 Å². The standard InChI is InChI=1S/C28H23N3O5S2/c1-2-36-21-14-10-19(11-15-21)24(33)22-23(18-8-12-20(32)13-9-18)31(26(35)25(22)34)27-29-30-28(38-27)37-16-17-6-4-3-5-7-17/h3-15,23,32-33H,2,16H2,1H3/b24-22-. The number of Topliss-reactive ketones (excluding diaryl/α,β-unsaturated/α-hetero) is 1. The van der Waals surface area contributed by atoms with Gasteiger partial charge in [0.2, 0.25) is 5.13 Å². The maximum Gasteiger partial charge on any atom is 0.301 e. The van der Waals surface area contributed by atoms with E-state index in [4.69, 9.17) is 4.74 Å². The lowest BCUT2D eigenvalue weighted by atomic mass is 9.95. The van der Waals surface area contributed by atoms with E-state index in [0.29, 0.717) is 33.6 Å². The van der Waals surface area contributed by atoms with Crippen LogP contribution in [0.2, 0.25) is 0 Å². The molecule has 1 unspecified atom stereocenters. The van der Waals surface area contributed by atoms with E-state index in [0.717, 1.165) is 5.56 Å². The summed E-state index contributed by atoms with van der Waals surface area (Å²) < 4.78 is 6.11. The van der Waals surface area contributed by atoms with E-state index < -0.39 is 17.7 Å². The highest BCUT2D eigenvalue weighted by atomic mass is 32.2.